The second-order valence-corrected chi connectivity index (χ2v) is 28.1. The second-order valence-electron chi connectivity index (χ2n) is 28.1. The Morgan fingerprint density at radius 2 is 0.602 bits per heavy atom. The molecule has 0 radical (unpaired) electrons. The lowest BCUT2D eigenvalue weighted by Gasteiger charge is -2.22. The monoisotopic (exact) mass is 1250 g/mol. The van der Waals surface area contributed by atoms with E-state index in [-0.39, 0.29) is 10.8 Å². The molecule has 0 unspecified atom stereocenters. The van der Waals surface area contributed by atoms with E-state index in [0.29, 0.717) is 5.95 Å². The van der Waals surface area contributed by atoms with E-state index >= 15 is 0 Å². The van der Waals surface area contributed by atoms with Crippen molar-refractivity contribution in [3.05, 3.63) is 326 Å². The van der Waals surface area contributed by atoms with Crippen LogP contribution in [0.1, 0.15) is 49.9 Å². The predicted octanol–water partition coefficient (Wildman–Crippen LogP) is 23.6. The molecule has 0 N–H and O–H groups in total. The Hall–Kier alpha value is -12.4. The van der Waals surface area contributed by atoms with Gasteiger partial charge in [-0.25, -0.2) is 9.97 Å². The summed E-state index contributed by atoms with van der Waals surface area (Å²) in [5, 5.41) is 10.6. The molecule has 460 valence electrons. The Morgan fingerprint density at radius 1 is 0.224 bits per heavy atom. The first-order valence-electron chi connectivity index (χ1n) is 34.1. The number of hydrogen-bond donors (Lipinski definition) is 0. The van der Waals surface area contributed by atoms with Crippen molar-refractivity contribution in [1.82, 2.24) is 28.2 Å². The van der Waals surface area contributed by atoms with E-state index in [1.807, 2.05) is 0 Å². The molecule has 2 aliphatic carbocycles. The van der Waals surface area contributed by atoms with E-state index < -0.39 is 0 Å². The van der Waals surface area contributed by atoms with E-state index in [1.54, 1.807) is 0 Å². The maximum absolute atomic E-state index is 5.70. The van der Waals surface area contributed by atoms with Crippen molar-refractivity contribution in [3.63, 3.8) is 0 Å². The van der Waals surface area contributed by atoms with Crippen molar-refractivity contribution in [2.45, 2.75) is 38.5 Å². The average Bonchev–Trinajstić information content (AvgIpc) is 1.60. The van der Waals surface area contributed by atoms with Gasteiger partial charge in [-0.1, -0.05) is 228 Å². The number of nitrogens with zero attached hydrogens (tertiary/aromatic N) is 6. The van der Waals surface area contributed by atoms with Crippen LogP contribution in [-0.2, 0) is 10.8 Å². The standard InChI is InChI=1S/C92H62N6/c1-91(2)76-29-12-5-22-63(76)65-44-40-61(53-78(65)91)95-82-33-16-10-26-69(82)74-49-55(38-46-85(74)95)57-36-42-71-67-24-8-15-32-81(67)97(87(71)51-57)60-21-19-20-59(48-60)89-73-28-7-14-31-80(73)93-90(94-89)98-84-35-18-9-25-68(84)72-43-37-58(52-88(72)98)56-39-47-86-75(50-56)70-27-11-17-34-83(70)96(86)62-41-45-66-64-23-6-13-30-77(64)92(3,4)79(66)54-62/h5-54H,1-4H3. The largest absolute Gasteiger partial charge is 0.309 e. The van der Waals surface area contributed by atoms with Crippen molar-refractivity contribution < 1.29 is 0 Å². The number of hydrogen-bond acceptors (Lipinski definition) is 2. The zero-order valence-electron chi connectivity index (χ0n) is 54.6. The summed E-state index contributed by atoms with van der Waals surface area (Å²) >= 11 is 0. The van der Waals surface area contributed by atoms with Crippen LogP contribution < -0.4 is 0 Å². The maximum atomic E-state index is 5.70. The highest BCUT2D eigenvalue weighted by molar-refractivity contribution is 6.15. The van der Waals surface area contributed by atoms with Crippen molar-refractivity contribution in [2.24, 2.45) is 0 Å². The molecule has 6 heteroatoms. The van der Waals surface area contributed by atoms with Gasteiger partial charge in [0.05, 0.1) is 55.3 Å². The molecule has 0 saturated heterocycles. The number of para-hydroxylation sites is 5. The molecule has 5 heterocycles. The van der Waals surface area contributed by atoms with Gasteiger partial charge in [-0.3, -0.25) is 4.57 Å². The number of rotatable bonds is 7. The van der Waals surface area contributed by atoms with Crippen LogP contribution in [0.25, 0.3) is 177 Å². The summed E-state index contributed by atoms with van der Waals surface area (Å²) in [5.74, 6) is 0.621. The van der Waals surface area contributed by atoms with Gasteiger partial charge in [0.15, 0.2) is 0 Å². The van der Waals surface area contributed by atoms with E-state index in [9.17, 15) is 0 Å². The Balaban J connectivity index is 0.676. The van der Waals surface area contributed by atoms with Gasteiger partial charge in [0, 0.05) is 81.9 Å². The van der Waals surface area contributed by atoms with Gasteiger partial charge in [0.25, 0.3) is 0 Å². The summed E-state index contributed by atoms with van der Waals surface area (Å²) in [6.07, 6.45) is 0. The molecule has 14 aromatic carbocycles. The summed E-state index contributed by atoms with van der Waals surface area (Å²) in [7, 11) is 0. The molecule has 2 aliphatic rings. The molecule has 6 nitrogen and oxygen atoms in total. The Labute approximate surface area is 565 Å². The third-order valence-electron chi connectivity index (χ3n) is 22.2. The molecule has 0 amide bonds. The van der Waals surface area contributed by atoms with Gasteiger partial charge in [-0.2, -0.15) is 0 Å². The minimum Gasteiger partial charge on any atom is -0.309 e. The first-order chi connectivity index (χ1) is 48.1. The van der Waals surface area contributed by atoms with Gasteiger partial charge < -0.3 is 13.7 Å². The molecule has 0 bridgehead atoms. The van der Waals surface area contributed by atoms with Crippen LogP contribution in [0.2, 0.25) is 0 Å². The van der Waals surface area contributed by atoms with Crippen LogP contribution in [0.3, 0.4) is 0 Å². The van der Waals surface area contributed by atoms with Crippen LogP contribution in [0.4, 0.5) is 0 Å². The maximum Gasteiger partial charge on any atom is 0.235 e. The first-order valence-corrected chi connectivity index (χ1v) is 34.1. The van der Waals surface area contributed by atoms with Gasteiger partial charge >= 0.3 is 0 Å². The molecule has 5 aromatic heterocycles. The minimum atomic E-state index is -0.108. The zero-order valence-corrected chi connectivity index (χ0v) is 54.6. The van der Waals surface area contributed by atoms with Gasteiger partial charge in [0.1, 0.15) is 0 Å². The van der Waals surface area contributed by atoms with Crippen LogP contribution in [0.5, 0.6) is 0 Å². The van der Waals surface area contributed by atoms with Gasteiger partial charge in [0.2, 0.25) is 5.95 Å². The molecule has 0 spiro atoms. The lowest BCUT2D eigenvalue weighted by molar-refractivity contribution is 0.660. The van der Waals surface area contributed by atoms with Crippen molar-refractivity contribution in [2.75, 3.05) is 0 Å². The highest BCUT2D eigenvalue weighted by Crippen LogP contribution is 2.52. The first kappa shape index (κ1) is 55.0. The van der Waals surface area contributed by atoms with E-state index in [2.05, 4.69) is 349 Å². The Morgan fingerprint density at radius 3 is 1.13 bits per heavy atom. The van der Waals surface area contributed by atoms with Crippen molar-refractivity contribution in [3.8, 4) is 78.8 Å². The van der Waals surface area contributed by atoms with E-state index in [0.717, 1.165) is 77.4 Å². The van der Waals surface area contributed by atoms with Crippen molar-refractivity contribution >= 4 is 98.1 Å². The third kappa shape index (κ3) is 7.68. The minimum absolute atomic E-state index is 0.104. The van der Waals surface area contributed by atoms with Gasteiger partial charge in [-0.05, 0) is 170 Å². The number of aromatic nitrogens is 6. The normalized spacial score (nSPS) is 13.7. The summed E-state index contributed by atoms with van der Waals surface area (Å²) in [6.45, 7) is 9.44. The lowest BCUT2D eigenvalue weighted by atomic mass is 9.82. The number of benzene rings is 14. The number of fused-ring (bicyclic) bond motifs is 19. The molecular weight excluding hydrogens is 1190 g/mol. The summed E-state index contributed by atoms with van der Waals surface area (Å²) < 4.78 is 9.64. The van der Waals surface area contributed by atoms with Gasteiger partial charge in [-0.15, -0.1) is 0 Å². The fraction of sp³-hybridized carbons (Fsp3) is 0.0652. The molecular formula is C92H62N6. The summed E-state index contributed by atoms with van der Waals surface area (Å²) in [4.78, 5) is 11.2. The molecule has 0 fully saturated rings. The zero-order chi connectivity index (χ0) is 64.9. The Bertz CT molecular complexity index is 6700. The van der Waals surface area contributed by atoms with Crippen LogP contribution in [0.15, 0.2) is 303 Å². The lowest BCUT2D eigenvalue weighted by Crippen LogP contribution is -2.15. The topological polar surface area (TPSA) is 45.5 Å². The Kier molecular flexibility index (Phi) is 11.3. The average molecular weight is 1250 g/mol. The van der Waals surface area contributed by atoms with Crippen molar-refractivity contribution in [1.29, 1.82) is 0 Å². The molecule has 98 heavy (non-hydrogen) atoms. The van der Waals surface area contributed by atoms with Crippen LogP contribution in [0, 0.1) is 0 Å². The highest BCUT2D eigenvalue weighted by Gasteiger charge is 2.37. The second kappa shape index (κ2) is 20.1. The highest BCUT2D eigenvalue weighted by atomic mass is 15.2. The molecule has 19 aromatic rings. The molecule has 21 rings (SSSR count). The van der Waals surface area contributed by atoms with E-state index in [1.165, 1.54) is 116 Å². The van der Waals surface area contributed by atoms with Crippen LogP contribution in [-0.4, -0.2) is 28.2 Å². The quantitative estimate of drug-likeness (QED) is 0.160. The fourth-order valence-corrected chi connectivity index (χ4v) is 17.5. The third-order valence-corrected chi connectivity index (χ3v) is 22.2. The molecule has 0 saturated carbocycles. The van der Waals surface area contributed by atoms with Crippen LogP contribution >= 0.6 is 0 Å². The smallest absolute Gasteiger partial charge is 0.235 e. The predicted molar refractivity (Wildman–Crippen MR) is 408 cm³/mol. The SMILES string of the molecule is CC1(C)c2ccccc2-c2ccc(-n3c4ccccc4c4cc(-c5ccc6c7ccccc7n(-c7cccc(-c8nc(-n9c%10ccccc%10c%10ccc(-c%11ccc%12c(c%11)c%11ccccc%11n%12-c%11ccc%12c(c%11)C(C)(C)c%11ccccc%11-%12)cc%109)nc9ccccc89)c7)c6c5)ccc43)cc21. The molecule has 0 atom stereocenters. The van der Waals surface area contributed by atoms with E-state index in [4.69, 9.17) is 9.97 Å². The summed E-state index contributed by atoms with van der Waals surface area (Å²) in [6, 6.07) is 113. The fourth-order valence-electron chi connectivity index (χ4n) is 17.5. The molecule has 0 aliphatic heterocycles. The summed E-state index contributed by atoms with van der Waals surface area (Å²) in [5.41, 5.74) is 30.5.